The number of rotatable bonds is 10. The molecule has 0 heterocycles. The number of hydrogen-bond donors (Lipinski definition) is 0. The standard InChI is InChI=1S/C24H36O3/c1-10-22(25)21(9)24(27)20(8)14-17(5)12-16(4)13-19(7)23(26)18(6)11-15(2)3/h11-16,21H,10H2,1-9H3/t16-,21-/m1/s1. The van der Waals surface area contributed by atoms with Gasteiger partial charge in [-0.25, -0.2) is 0 Å². The van der Waals surface area contributed by atoms with Crippen molar-refractivity contribution in [1.82, 2.24) is 0 Å². The van der Waals surface area contributed by atoms with Crippen molar-refractivity contribution in [2.45, 2.75) is 68.7 Å². The normalized spacial score (nSPS) is 16.4. The maximum atomic E-state index is 12.4. The number of allylic oxidation sites excluding steroid dienone is 8. The zero-order valence-corrected chi connectivity index (χ0v) is 18.5. The van der Waals surface area contributed by atoms with Crippen molar-refractivity contribution < 1.29 is 14.4 Å². The molecule has 0 aromatic carbocycles. The summed E-state index contributed by atoms with van der Waals surface area (Å²) >= 11 is 0. The summed E-state index contributed by atoms with van der Waals surface area (Å²) in [7, 11) is 0. The summed E-state index contributed by atoms with van der Waals surface area (Å²) in [6.45, 7) is 16.9. The van der Waals surface area contributed by atoms with Gasteiger partial charge in [-0.05, 0) is 63.2 Å². The molecule has 0 spiro atoms. The third kappa shape index (κ3) is 8.94. The quantitative estimate of drug-likeness (QED) is 0.276. The Labute approximate surface area is 165 Å². The van der Waals surface area contributed by atoms with Crippen molar-refractivity contribution in [3.8, 4) is 0 Å². The monoisotopic (exact) mass is 372 g/mol. The van der Waals surface area contributed by atoms with Gasteiger partial charge in [0.05, 0.1) is 5.92 Å². The molecule has 0 aromatic rings. The van der Waals surface area contributed by atoms with Crippen molar-refractivity contribution in [3.05, 3.63) is 46.6 Å². The molecule has 3 nitrogen and oxygen atoms in total. The van der Waals surface area contributed by atoms with E-state index >= 15 is 0 Å². The van der Waals surface area contributed by atoms with Gasteiger partial charge in [-0.2, -0.15) is 0 Å². The van der Waals surface area contributed by atoms with Crippen molar-refractivity contribution in [1.29, 1.82) is 0 Å². The number of Topliss-reactive ketones (excluding diaryl/α,β-unsaturated/α-hetero) is 3. The fraction of sp³-hybridized carbons (Fsp3) is 0.542. The molecular weight excluding hydrogens is 336 g/mol. The average Bonchev–Trinajstić information content (AvgIpc) is 2.57. The number of hydrogen-bond acceptors (Lipinski definition) is 3. The Hall–Kier alpha value is -2.03. The van der Waals surface area contributed by atoms with Crippen LogP contribution in [0.2, 0.25) is 0 Å². The minimum atomic E-state index is -0.591. The van der Waals surface area contributed by atoms with Gasteiger partial charge in [-0.1, -0.05) is 57.6 Å². The topological polar surface area (TPSA) is 51.2 Å². The molecule has 0 aliphatic carbocycles. The molecule has 0 amide bonds. The number of carbonyl (C=O) groups excluding carboxylic acids is 3. The third-order valence-corrected chi connectivity index (χ3v) is 4.40. The second-order valence-electron chi connectivity index (χ2n) is 7.78. The lowest BCUT2D eigenvalue weighted by Crippen LogP contribution is -2.21. The summed E-state index contributed by atoms with van der Waals surface area (Å²) < 4.78 is 0. The van der Waals surface area contributed by atoms with Crippen LogP contribution in [0, 0.1) is 17.8 Å². The van der Waals surface area contributed by atoms with E-state index in [4.69, 9.17) is 0 Å². The molecule has 0 unspecified atom stereocenters. The highest BCUT2D eigenvalue weighted by molar-refractivity contribution is 6.09. The molecule has 0 fully saturated rings. The van der Waals surface area contributed by atoms with Crippen LogP contribution in [-0.4, -0.2) is 17.3 Å². The summed E-state index contributed by atoms with van der Waals surface area (Å²) in [5.41, 5.74) is 3.01. The van der Waals surface area contributed by atoms with E-state index in [1.807, 2.05) is 52.0 Å². The molecule has 3 heteroatoms. The Kier molecular flexibility index (Phi) is 10.8. The first-order valence-electron chi connectivity index (χ1n) is 9.75. The van der Waals surface area contributed by atoms with Crippen LogP contribution in [0.3, 0.4) is 0 Å². The lowest BCUT2D eigenvalue weighted by molar-refractivity contribution is -0.129. The molecule has 150 valence electrons. The largest absolute Gasteiger partial charge is 0.299 e. The molecule has 0 N–H and O–H groups in total. The number of carbonyl (C=O) groups is 3. The minimum absolute atomic E-state index is 0.0374. The fourth-order valence-electron chi connectivity index (χ4n) is 3.07. The van der Waals surface area contributed by atoms with Gasteiger partial charge in [0.2, 0.25) is 0 Å². The molecule has 0 aliphatic rings. The zero-order chi connectivity index (χ0) is 21.3. The van der Waals surface area contributed by atoms with E-state index in [1.165, 1.54) is 0 Å². The highest BCUT2D eigenvalue weighted by atomic mass is 16.2. The predicted octanol–water partition coefficient (Wildman–Crippen LogP) is 5.82. The van der Waals surface area contributed by atoms with E-state index in [-0.39, 0.29) is 23.3 Å². The van der Waals surface area contributed by atoms with Crippen molar-refractivity contribution >= 4 is 17.3 Å². The predicted molar refractivity (Wildman–Crippen MR) is 114 cm³/mol. The molecule has 0 saturated carbocycles. The van der Waals surface area contributed by atoms with Gasteiger partial charge >= 0.3 is 0 Å². The highest BCUT2D eigenvalue weighted by Crippen LogP contribution is 2.16. The summed E-state index contributed by atoms with van der Waals surface area (Å²) in [5.74, 6) is -0.283. The maximum absolute atomic E-state index is 12.4. The zero-order valence-electron chi connectivity index (χ0n) is 18.5. The van der Waals surface area contributed by atoms with Crippen molar-refractivity contribution in [2.24, 2.45) is 17.8 Å². The van der Waals surface area contributed by atoms with Crippen molar-refractivity contribution in [2.75, 3.05) is 0 Å². The van der Waals surface area contributed by atoms with Gasteiger partial charge in [0, 0.05) is 6.42 Å². The van der Waals surface area contributed by atoms with Crippen LogP contribution in [0.1, 0.15) is 68.7 Å². The fourth-order valence-corrected chi connectivity index (χ4v) is 3.07. The van der Waals surface area contributed by atoms with Gasteiger partial charge < -0.3 is 0 Å². The van der Waals surface area contributed by atoms with E-state index in [0.717, 1.165) is 16.7 Å². The maximum Gasteiger partial charge on any atom is 0.183 e. The molecule has 27 heavy (non-hydrogen) atoms. The van der Waals surface area contributed by atoms with Crippen LogP contribution in [0.4, 0.5) is 0 Å². The van der Waals surface area contributed by atoms with E-state index in [0.29, 0.717) is 17.9 Å². The van der Waals surface area contributed by atoms with Crippen molar-refractivity contribution in [3.63, 3.8) is 0 Å². The Morgan fingerprint density at radius 2 is 1.30 bits per heavy atom. The smallest absolute Gasteiger partial charge is 0.183 e. The third-order valence-electron chi connectivity index (χ3n) is 4.40. The van der Waals surface area contributed by atoms with E-state index in [2.05, 4.69) is 13.8 Å². The molecule has 0 bridgehead atoms. The van der Waals surface area contributed by atoms with E-state index in [9.17, 15) is 14.4 Å². The van der Waals surface area contributed by atoms with Crippen LogP contribution in [0.5, 0.6) is 0 Å². The first-order chi connectivity index (χ1) is 12.4. The average molecular weight is 373 g/mol. The lowest BCUT2D eigenvalue weighted by atomic mass is 9.93. The SMILES string of the molecule is CCC(=O)[C@@H](C)C(=O)C(C)=CC(C)=C[C@@H](C)C=C(C)C(=O)C(C)=CC(C)C. The number of ketones is 3. The van der Waals surface area contributed by atoms with Gasteiger partial charge in [0.15, 0.2) is 11.6 Å². The highest BCUT2D eigenvalue weighted by Gasteiger charge is 2.20. The van der Waals surface area contributed by atoms with E-state index < -0.39 is 5.92 Å². The second-order valence-corrected chi connectivity index (χ2v) is 7.78. The minimum Gasteiger partial charge on any atom is -0.299 e. The van der Waals surface area contributed by atoms with E-state index in [1.54, 1.807) is 20.8 Å². The molecule has 0 rings (SSSR count). The van der Waals surface area contributed by atoms with Gasteiger partial charge in [0.1, 0.15) is 5.78 Å². The van der Waals surface area contributed by atoms with Crippen LogP contribution in [-0.2, 0) is 14.4 Å². The van der Waals surface area contributed by atoms with Gasteiger partial charge in [0.25, 0.3) is 0 Å². The van der Waals surface area contributed by atoms with Crippen LogP contribution >= 0.6 is 0 Å². The molecule has 0 saturated heterocycles. The van der Waals surface area contributed by atoms with Gasteiger partial charge in [-0.15, -0.1) is 0 Å². The summed E-state index contributed by atoms with van der Waals surface area (Å²) in [4.78, 5) is 36.4. The molecule has 0 aromatic heterocycles. The van der Waals surface area contributed by atoms with Crippen LogP contribution in [0.25, 0.3) is 0 Å². The second kappa shape index (κ2) is 11.6. The Balaban J connectivity index is 5.26. The Morgan fingerprint density at radius 1 is 0.778 bits per heavy atom. The van der Waals surface area contributed by atoms with Gasteiger partial charge in [-0.3, -0.25) is 14.4 Å². The first-order valence-corrected chi connectivity index (χ1v) is 9.75. The Morgan fingerprint density at radius 3 is 1.78 bits per heavy atom. The molecular formula is C24H36O3. The Bertz CT molecular complexity index is 684. The van der Waals surface area contributed by atoms with Crippen LogP contribution in [0.15, 0.2) is 46.6 Å². The molecule has 0 aliphatic heterocycles. The first kappa shape index (κ1) is 25.0. The van der Waals surface area contributed by atoms with Crippen LogP contribution < -0.4 is 0 Å². The summed E-state index contributed by atoms with van der Waals surface area (Å²) in [6, 6.07) is 0. The lowest BCUT2D eigenvalue weighted by Gasteiger charge is -2.09. The molecule has 0 radical (unpaired) electrons. The molecule has 2 atom stereocenters. The summed E-state index contributed by atoms with van der Waals surface area (Å²) in [6.07, 6.45) is 8.11. The summed E-state index contributed by atoms with van der Waals surface area (Å²) in [5, 5.41) is 0.